The zero-order chi connectivity index (χ0) is 38.3. The summed E-state index contributed by atoms with van der Waals surface area (Å²) in [6.07, 6.45) is 9.12. The number of benzene rings is 3. The fourth-order valence-electron chi connectivity index (χ4n) is 9.89. The van der Waals surface area contributed by atoms with Crippen LogP contribution in [0.3, 0.4) is 0 Å². The molecular weight excluding hydrogens is 714 g/mol. The number of hydrogen-bond donors (Lipinski definition) is 1. The van der Waals surface area contributed by atoms with Gasteiger partial charge in [0.1, 0.15) is 28.4 Å². The molecule has 3 aromatic carbocycles. The van der Waals surface area contributed by atoms with Gasteiger partial charge in [-0.2, -0.15) is 15.1 Å². The molecule has 1 N–H and O–H groups in total. The number of alkyl halides is 2. The van der Waals surface area contributed by atoms with E-state index >= 15 is 8.78 Å². The van der Waals surface area contributed by atoms with E-state index in [2.05, 4.69) is 20.7 Å². The fraction of sp³-hybridized carbons (Fsp3) is 0.488. The monoisotopic (exact) mass is 757 g/mol. The van der Waals surface area contributed by atoms with Crippen LogP contribution in [0.25, 0.3) is 43.7 Å². The number of aromatic nitrogens is 4. The van der Waals surface area contributed by atoms with Gasteiger partial charge in [-0.3, -0.25) is 9.58 Å². The fourth-order valence-corrected chi connectivity index (χ4v) is 9.89. The number of hydrogen-bond acceptors (Lipinski definition) is 9. The molecular formula is C41H43F4N7O3. The van der Waals surface area contributed by atoms with E-state index in [0.29, 0.717) is 40.5 Å². The average molecular weight is 758 g/mol. The lowest BCUT2D eigenvalue weighted by atomic mass is 9.79. The van der Waals surface area contributed by atoms with Gasteiger partial charge in [0, 0.05) is 99.4 Å². The maximum atomic E-state index is 17.7. The molecule has 10 nitrogen and oxygen atoms in total. The Bertz CT molecular complexity index is 2340. The molecule has 4 fully saturated rings. The molecule has 288 valence electrons. The summed E-state index contributed by atoms with van der Waals surface area (Å²) >= 11 is 0. The van der Waals surface area contributed by atoms with Crippen molar-refractivity contribution >= 4 is 38.4 Å². The van der Waals surface area contributed by atoms with Crippen LogP contribution in [-0.4, -0.2) is 113 Å². The number of piperazine rings is 1. The van der Waals surface area contributed by atoms with Crippen molar-refractivity contribution < 1.29 is 32.1 Å². The number of fused-ring (bicyclic) bond motifs is 6. The Morgan fingerprint density at radius 1 is 0.964 bits per heavy atom. The van der Waals surface area contributed by atoms with E-state index < -0.39 is 29.9 Å². The quantitative estimate of drug-likeness (QED) is 0.140. The SMILES string of the molecule is C#Cc1c(F)ccc2cc(O)cc(-c3c(F)c4nc(OC[C@@H]5CN(C)C[C@H]5C(F)F)nc(N5[C@@H]6CC[C@H]5CN(C5CC(COC)C5)C6)c4c4cn(C)nc34)c12. The highest BCUT2D eigenvalue weighted by Crippen LogP contribution is 2.47. The van der Waals surface area contributed by atoms with Crippen molar-refractivity contribution in [1.29, 1.82) is 0 Å². The van der Waals surface area contributed by atoms with Crippen LogP contribution < -0.4 is 9.64 Å². The highest BCUT2D eigenvalue weighted by Gasteiger charge is 2.46. The Hall–Kier alpha value is -4.71. The lowest BCUT2D eigenvalue weighted by Crippen LogP contribution is -2.59. The summed E-state index contributed by atoms with van der Waals surface area (Å²) in [6.45, 7) is 2.99. The number of halogens is 4. The van der Waals surface area contributed by atoms with E-state index in [1.54, 1.807) is 32.1 Å². The van der Waals surface area contributed by atoms with Gasteiger partial charge in [0.05, 0.1) is 17.6 Å². The average Bonchev–Trinajstić information content (AvgIpc) is 3.79. The van der Waals surface area contributed by atoms with E-state index in [0.717, 1.165) is 45.4 Å². The predicted octanol–water partition coefficient (Wildman–Crippen LogP) is 6.20. The number of rotatable bonds is 9. The minimum absolute atomic E-state index is 0.0136. The molecule has 0 spiro atoms. The Morgan fingerprint density at radius 3 is 2.44 bits per heavy atom. The highest BCUT2D eigenvalue weighted by atomic mass is 19.3. The number of phenolic OH excluding ortho intramolecular Hbond substituents is 1. The Kier molecular flexibility index (Phi) is 9.02. The summed E-state index contributed by atoms with van der Waals surface area (Å²) in [5.74, 6) is 0.524. The number of nitrogens with zero attached hydrogens (tertiary/aromatic N) is 7. The third kappa shape index (κ3) is 6.02. The maximum Gasteiger partial charge on any atom is 0.319 e. The molecule has 0 unspecified atom stereocenters. The van der Waals surface area contributed by atoms with Crippen LogP contribution in [0, 0.1) is 41.7 Å². The van der Waals surface area contributed by atoms with Crippen molar-refractivity contribution in [2.75, 3.05) is 58.5 Å². The first-order valence-corrected chi connectivity index (χ1v) is 18.9. The van der Waals surface area contributed by atoms with Crippen LogP contribution in [0.5, 0.6) is 11.8 Å². The summed E-state index contributed by atoms with van der Waals surface area (Å²) in [6, 6.07) is 6.05. The van der Waals surface area contributed by atoms with Gasteiger partial charge in [-0.1, -0.05) is 12.0 Å². The van der Waals surface area contributed by atoms with Gasteiger partial charge in [0.15, 0.2) is 5.82 Å². The number of phenols is 1. The first kappa shape index (κ1) is 36.0. The Labute approximate surface area is 316 Å². The zero-order valence-corrected chi connectivity index (χ0v) is 31.0. The molecule has 3 saturated heterocycles. The molecule has 9 rings (SSSR count). The normalized spacial score (nSPS) is 25.8. The maximum absolute atomic E-state index is 17.7. The molecule has 2 aromatic heterocycles. The molecule has 4 atom stereocenters. The second-order valence-electron chi connectivity index (χ2n) is 15.9. The lowest BCUT2D eigenvalue weighted by Gasteiger charge is -2.49. The summed E-state index contributed by atoms with van der Waals surface area (Å²) < 4.78 is 74.3. The lowest BCUT2D eigenvalue weighted by molar-refractivity contribution is 0.0199. The standard InChI is InChI=1S/C41H43F4N7O3/c1-5-28-32(42)9-6-22-12-27(53)13-29(33(22)28)34-36(43)38-35(31-18-50(3)48-37(31)34)40(47-41(46-38)55-20-23-14-49(2)17-30(23)39(44)45)52-24-7-8-25(52)16-51(15-24)26-10-21(11-26)19-54-4/h1,6,9,12-13,18,21,23-26,30,39,53H,7-8,10-11,14-17,19-20H2,2-4H3/t21?,23-,24-,25+,26?,30+/m0/s1. The second kappa shape index (κ2) is 13.8. The van der Waals surface area contributed by atoms with E-state index in [-0.39, 0.29) is 70.1 Å². The zero-order valence-electron chi connectivity index (χ0n) is 31.0. The van der Waals surface area contributed by atoms with Crippen molar-refractivity contribution in [3.05, 3.63) is 47.7 Å². The number of aryl methyl sites for hydroxylation is 1. The van der Waals surface area contributed by atoms with Gasteiger partial charge in [-0.25, -0.2) is 17.6 Å². The summed E-state index contributed by atoms with van der Waals surface area (Å²) in [5.41, 5.74) is 0.280. The minimum Gasteiger partial charge on any atom is -0.508 e. The van der Waals surface area contributed by atoms with Gasteiger partial charge in [0.25, 0.3) is 0 Å². The Morgan fingerprint density at radius 2 is 1.73 bits per heavy atom. The van der Waals surface area contributed by atoms with Crippen LogP contribution in [0.15, 0.2) is 30.5 Å². The van der Waals surface area contributed by atoms with E-state index in [1.807, 2.05) is 4.90 Å². The van der Waals surface area contributed by atoms with Crippen LogP contribution in [0.2, 0.25) is 0 Å². The molecule has 2 bridgehead atoms. The third-order valence-corrected chi connectivity index (χ3v) is 12.4. The molecule has 1 aliphatic carbocycles. The Balaban J connectivity index is 1.22. The van der Waals surface area contributed by atoms with Gasteiger partial charge in [-0.05, 0) is 67.8 Å². The topological polar surface area (TPSA) is 92.0 Å². The van der Waals surface area contributed by atoms with Crippen molar-refractivity contribution in [2.45, 2.75) is 50.2 Å². The minimum atomic E-state index is -2.52. The van der Waals surface area contributed by atoms with E-state index in [1.165, 1.54) is 24.3 Å². The number of likely N-dealkylation sites (tertiary alicyclic amines) is 2. The van der Waals surface area contributed by atoms with Crippen molar-refractivity contribution in [3.63, 3.8) is 0 Å². The first-order chi connectivity index (χ1) is 26.5. The van der Waals surface area contributed by atoms with Crippen LogP contribution >= 0.6 is 0 Å². The van der Waals surface area contributed by atoms with Gasteiger partial charge in [0.2, 0.25) is 6.43 Å². The van der Waals surface area contributed by atoms with Crippen LogP contribution in [0.4, 0.5) is 23.4 Å². The van der Waals surface area contributed by atoms with Gasteiger partial charge in [-0.15, -0.1) is 6.42 Å². The second-order valence-corrected chi connectivity index (χ2v) is 15.9. The number of terminal acetylenes is 1. The van der Waals surface area contributed by atoms with Crippen molar-refractivity contribution in [3.8, 4) is 35.2 Å². The molecule has 1 saturated carbocycles. The molecule has 0 radical (unpaired) electrons. The number of ether oxygens (including phenoxy) is 2. The smallest absolute Gasteiger partial charge is 0.319 e. The molecule has 5 heterocycles. The summed E-state index contributed by atoms with van der Waals surface area (Å²) in [7, 11) is 5.27. The number of anilines is 1. The third-order valence-electron chi connectivity index (χ3n) is 12.4. The molecule has 55 heavy (non-hydrogen) atoms. The molecule has 3 aliphatic heterocycles. The predicted molar refractivity (Wildman–Crippen MR) is 201 cm³/mol. The van der Waals surface area contributed by atoms with E-state index in [9.17, 15) is 13.9 Å². The molecule has 5 aromatic rings. The summed E-state index contributed by atoms with van der Waals surface area (Å²) in [5, 5.41) is 17.3. The van der Waals surface area contributed by atoms with E-state index in [4.69, 9.17) is 26.0 Å². The number of aromatic hydroxyl groups is 1. The number of methoxy groups -OCH3 is 1. The van der Waals surface area contributed by atoms with Crippen molar-refractivity contribution in [1.82, 2.24) is 29.5 Å². The first-order valence-electron chi connectivity index (χ1n) is 18.9. The molecule has 0 amide bonds. The van der Waals surface area contributed by atoms with Gasteiger partial charge < -0.3 is 24.4 Å². The van der Waals surface area contributed by atoms with Crippen molar-refractivity contribution in [2.24, 2.45) is 24.8 Å². The van der Waals surface area contributed by atoms with Gasteiger partial charge >= 0.3 is 6.01 Å². The highest BCUT2D eigenvalue weighted by molar-refractivity contribution is 6.18. The van der Waals surface area contributed by atoms with Crippen LogP contribution in [0.1, 0.15) is 31.2 Å². The van der Waals surface area contributed by atoms with Crippen LogP contribution in [-0.2, 0) is 11.8 Å². The largest absolute Gasteiger partial charge is 0.508 e. The molecule has 4 aliphatic rings. The summed E-state index contributed by atoms with van der Waals surface area (Å²) in [4.78, 5) is 16.4. The molecule has 14 heteroatoms.